The van der Waals surface area contributed by atoms with E-state index in [1.54, 1.807) is 0 Å². The van der Waals surface area contributed by atoms with E-state index in [0.29, 0.717) is 24.3 Å². The molecule has 2 aliphatic heterocycles. The van der Waals surface area contributed by atoms with Crippen LogP contribution in [0, 0.1) is 20.2 Å². The third-order valence-electron chi connectivity index (χ3n) is 2.93. The molecular weight excluding hydrogens is 244 g/mol. The molecule has 2 aliphatic rings. The Morgan fingerprint density at radius 1 is 0.944 bits per heavy atom. The predicted octanol–water partition coefficient (Wildman–Crippen LogP) is 1.65. The lowest BCUT2D eigenvalue weighted by Crippen LogP contribution is -2.01. The molecule has 1 aromatic rings. The lowest BCUT2D eigenvalue weighted by molar-refractivity contribution is -0.395. The molecule has 94 valence electrons. The first-order valence-corrected chi connectivity index (χ1v) is 5.27. The molecule has 18 heavy (non-hydrogen) atoms. The minimum Gasteiger partial charge on any atom is -0.368 e. The van der Waals surface area contributed by atoms with Gasteiger partial charge in [0.25, 0.3) is 11.4 Å². The Bertz CT molecular complexity index is 504. The fourth-order valence-corrected chi connectivity index (χ4v) is 1.90. The van der Waals surface area contributed by atoms with E-state index in [1.807, 2.05) is 0 Å². The van der Waals surface area contributed by atoms with Gasteiger partial charge >= 0.3 is 0 Å². The van der Waals surface area contributed by atoms with Crippen molar-refractivity contribution in [3.05, 3.63) is 43.5 Å². The topological polar surface area (TPSA) is 111 Å². The summed E-state index contributed by atoms with van der Waals surface area (Å²) in [6, 6.07) is 2.46. The SMILES string of the molecule is O=[N+]([O-])c1cc([N+](=O)[O-])c(C2CO2)cc1C1CO1. The quantitative estimate of drug-likeness (QED) is 0.457. The van der Waals surface area contributed by atoms with E-state index in [4.69, 9.17) is 9.47 Å². The fourth-order valence-electron chi connectivity index (χ4n) is 1.90. The summed E-state index contributed by atoms with van der Waals surface area (Å²) < 4.78 is 10.1. The third-order valence-corrected chi connectivity index (χ3v) is 2.93. The number of nitro groups is 2. The van der Waals surface area contributed by atoms with Crippen LogP contribution >= 0.6 is 0 Å². The van der Waals surface area contributed by atoms with Gasteiger partial charge in [0.05, 0.1) is 40.3 Å². The van der Waals surface area contributed by atoms with Crippen LogP contribution in [0.4, 0.5) is 11.4 Å². The predicted molar refractivity (Wildman–Crippen MR) is 57.1 cm³/mol. The van der Waals surface area contributed by atoms with Crippen LogP contribution in [0.1, 0.15) is 23.3 Å². The maximum Gasteiger partial charge on any atom is 0.282 e. The van der Waals surface area contributed by atoms with Gasteiger partial charge in [-0.05, 0) is 6.07 Å². The Balaban J connectivity index is 2.16. The Morgan fingerprint density at radius 3 is 1.61 bits per heavy atom. The maximum absolute atomic E-state index is 10.9. The summed E-state index contributed by atoms with van der Waals surface area (Å²) in [6.07, 6.45) is -0.660. The van der Waals surface area contributed by atoms with Crippen LogP contribution in [-0.2, 0) is 9.47 Å². The average molecular weight is 252 g/mol. The largest absolute Gasteiger partial charge is 0.368 e. The van der Waals surface area contributed by atoms with Gasteiger partial charge in [0.15, 0.2) is 0 Å². The van der Waals surface area contributed by atoms with Crippen molar-refractivity contribution >= 4 is 11.4 Å². The van der Waals surface area contributed by atoms with E-state index < -0.39 is 9.85 Å². The smallest absolute Gasteiger partial charge is 0.282 e. The summed E-state index contributed by atoms with van der Waals surface area (Å²) in [6.45, 7) is 0.813. The second-order valence-corrected chi connectivity index (χ2v) is 4.13. The van der Waals surface area contributed by atoms with Gasteiger partial charge < -0.3 is 9.47 Å². The highest BCUT2D eigenvalue weighted by Gasteiger charge is 2.39. The van der Waals surface area contributed by atoms with E-state index >= 15 is 0 Å². The van der Waals surface area contributed by atoms with E-state index in [2.05, 4.69) is 0 Å². The molecule has 2 heterocycles. The van der Waals surface area contributed by atoms with Crippen LogP contribution in [0.3, 0.4) is 0 Å². The molecule has 0 aliphatic carbocycles. The molecular formula is C10H8N2O6. The van der Waals surface area contributed by atoms with Gasteiger partial charge in [0, 0.05) is 0 Å². The number of ether oxygens (including phenoxy) is 2. The minimum absolute atomic E-state index is 0.270. The van der Waals surface area contributed by atoms with Crippen molar-refractivity contribution < 1.29 is 19.3 Å². The molecule has 0 N–H and O–H groups in total. The first-order valence-electron chi connectivity index (χ1n) is 5.27. The highest BCUT2D eigenvalue weighted by atomic mass is 16.6. The molecule has 0 saturated carbocycles. The van der Waals surface area contributed by atoms with Crippen LogP contribution in [0.2, 0.25) is 0 Å². The Hall–Kier alpha value is -2.06. The molecule has 2 saturated heterocycles. The first kappa shape index (κ1) is 11.1. The van der Waals surface area contributed by atoms with Crippen molar-refractivity contribution in [1.82, 2.24) is 0 Å². The molecule has 2 fully saturated rings. The monoisotopic (exact) mass is 252 g/mol. The second-order valence-electron chi connectivity index (χ2n) is 4.13. The molecule has 0 bridgehead atoms. The zero-order valence-electron chi connectivity index (χ0n) is 9.07. The van der Waals surface area contributed by atoms with E-state index in [1.165, 1.54) is 6.07 Å². The highest BCUT2D eigenvalue weighted by molar-refractivity contribution is 5.57. The molecule has 0 aromatic heterocycles. The third kappa shape index (κ3) is 1.81. The van der Waals surface area contributed by atoms with Crippen molar-refractivity contribution in [2.24, 2.45) is 0 Å². The van der Waals surface area contributed by atoms with Crippen molar-refractivity contribution in [3.8, 4) is 0 Å². The van der Waals surface area contributed by atoms with E-state index in [9.17, 15) is 20.2 Å². The Morgan fingerprint density at radius 2 is 1.33 bits per heavy atom. The molecule has 8 nitrogen and oxygen atoms in total. The van der Waals surface area contributed by atoms with Crippen LogP contribution in [0.25, 0.3) is 0 Å². The molecule has 8 heteroatoms. The van der Waals surface area contributed by atoms with Crippen molar-refractivity contribution in [2.45, 2.75) is 12.2 Å². The highest BCUT2D eigenvalue weighted by Crippen LogP contribution is 2.44. The number of nitro benzene ring substituents is 2. The van der Waals surface area contributed by atoms with Gasteiger partial charge in [-0.3, -0.25) is 20.2 Å². The Kier molecular flexibility index (Phi) is 2.28. The Labute approximate surface area is 100 Å². The van der Waals surface area contributed by atoms with Crippen molar-refractivity contribution in [3.63, 3.8) is 0 Å². The lowest BCUT2D eigenvalue weighted by atomic mass is 10.0. The fraction of sp³-hybridized carbons (Fsp3) is 0.400. The summed E-state index contributed by atoms with van der Waals surface area (Å²) >= 11 is 0. The molecule has 3 rings (SSSR count). The van der Waals surface area contributed by atoms with Gasteiger partial charge in [-0.1, -0.05) is 0 Å². The molecule has 0 radical (unpaired) electrons. The number of rotatable bonds is 4. The summed E-state index contributed by atoms with van der Waals surface area (Å²) in [5.74, 6) is 0. The zero-order valence-corrected chi connectivity index (χ0v) is 9.07. The van der Waals surface area contributed by atoms with Gasteiger partial charge in [-0.25, -0.2) is 0 Å². The van der Waals surface area contributed by atoms with Crippen molar-refractivity contribution in [1.29, 1.82) is 0 Å². The number of nitrogens with zero attached hydrogens (tertiary/aromatic N) is 2. The normalized spacial score (nSPS) is 24.7. The van der Waals surface area contributed by atoms with Gasteiger partial charge in [-0.15, -0.1) is 0 Å². The second kappa shape index (κ2) is 3.72. The summed E-state index contributed by atoms with van der Waals surface area (Å²) in [5, 5.41) is 21.8. The van der Waals surface area contributed by atoms with E-state index in [0.717, 1.165) is 6.07 Å². The van der Waals surface area contributed by atoms with E-state index in [-0.39, 0.29) is 23.6 Å². The summed E-state index contributed by atoms with van der Waals surface area (Å²) in [5.41, 5.74) is 0.231. The number of benzene rings is 1. The lowest BCUT2D eigenvalue weighted by Gasteiger charge is -2.04. The average Bonchev–Trinajstić information content (AvgIpc) is 3.16. The standard InChI is InChI=1S/C10H8N2O6/c13-11(14)7-2-8(12(15)16)6(10-4-18-10)1-5(7)9-3-17-9/h1-2,9-10H,3-4H2. The van der Waals surface area contributed by atoms with Crippen LogP contribution in [-0.4, -0.2) is 23.1 Å². The molecule has 0 spiro atoms. The molecule has 0 amide bonds. The van der Waals surface area contributed by atoms with Gasteiger partial charge in [-0.2, -0.15) is 0 Å². The molecule has 2 unspecified atom stereocenters. The van der Waals surface area contributed by atoms with Crippen LogP contribution in [0.5, 0.6) is 0 Å². The summed E-state index contributed by atoms with van der Waals surface area (Å²) in [4.78, 5) is 20.6. The van der Waals surface area contributed by atoms with Crippen LogP contribution in [0.15, 0.2) is 12.1 Å². The number of hydrogen-bond acceptors (Lipinski definition) is 6. The molecule has 2 atom stereocenters. The first-order chi connectivity index (χ1) is 8.58. The maximum atomic E-state index is 10.9. The number of hydrogen-bond donors (Lipinski definition) is 0. The van der Waals surface area contributed by atoms with Crippen molar-refractivity contribution in [2.75, 3.05) is 13.2 Å². The minimum atomic E-state index is -0.623. The van der Waals surface area contributed by atoms with Gasteiger partial charge in [0.2, 0.25) is 0 Å². The number of epoxide rings is 2. The van der Waals surface area contributed by atoms with Crippen LogP contribution < -0.4 is 0 Å². The molecule has 1 aromatic carbocycles. The van der Waals surface area contributed by atoms with Gasteiger partial charge in [0.1, 0.15) is 12.2 Å². The zero-order chi connectivity index (χ0) is 12.9. The summed E-state index contributed by atoms with van der Waals surface area (Å²) in [7, 11) is 0.